The Hall–Kier alpha value is -4.77. The Kier molecular flexibility index (Phi) is 20.1. The standard InChI is InChI=1S/C81H113NO4/c1-9-11-13-15-17-19-21-23-25-27-36-85-64-32-34-66(68(48-64)70-44-62(78(3,4)5)46-72(76(70)83)80-50-56-38-57(51-80)40-58(39-56)52-80)74-30-29-31-75(82-74)67-35-33-65(86-37-28-26-24-22-20-18-16-14-12-10-2)49-69(67)71-45-63(79(6,7)8)47-73(77(71)84)81-53-59-41-60(54-81)43-61(42-59)55-81/h29-35,44-49,56-61,83-84H,9-28,36-43,50-55H2,1-8H3. The van der Waals surface area contributed by atoms with E-state index in [0.29, 0.717) is 24.7 Å². The summed E-state index contributed by atoms with van der Waals surface area (Å²) in [5.41, 5.74) is 12.0. The van der Waals surface area contributed by atoms with Crippen molar-refractivity contribution >= 4 is 0 Å². The number of nitrogens with zero attached hydrogens (tertiary/aromatic N) is 1. The van der Waals surface area contributed by atoms with Gasteiger partial charge in [-0.05, 0) is 230 Å². The third kappa shape index (κ3) is 14.4. The van der Waals surface area contributed by atoms with E-state index in [9.17, 15) is 10.2 Å². The molecule has 8 fully saturated rings. The molecule has 0 aliphatic heterocycles. The van der Waals surface area contributed by atoms with Crippen molar-refractivity contribution in [2.45, 2.75) is 283 Å². The molecule has 1 aromatic heterocycles. The molecule has 0 unspecified atom stereocenters. The Balaban J connectivity index is 0.961. The van der Waals surface area contributed by atoms with Crippen LogP contribution in [0.1, 0.15) is 283 Å². The van der Waals surface area contributed by atoms with Crippen LogP contribution in [0, 0.1) is 35.5 Å². The number of benzene rings is 4. The summed E-state index contributed by atoms with van der Waals surface area (Å²) in [6.45, 7) is 19.9. The van der Waals surface area contributed by atoms with Crippen molar-refractivity contribution < 1.29 is 19.7 Å². The molecule has 8 saturated carbocycles. The second-order valence-corrected chi connectivity index (χ2v) is 31.6. The van der Waals surface area contributed by atoms with Gasteiger partial charge in [0.2, 0.25) is 0 Å². The molecule has 8 bridgehead atoms. The minimum Gasteiger partial charge on any atom is -0.507 e. The van der Waals surface area contributed by atoms with Crippen LogP contribution in [0.15, 0.2) is 78.9 Å². The zero-order valence-corrected chi connectivity index (χ0v) is 55.2. The Labute approximate surface area is 522 Å². The number of unbranched alkanes of at least 4 members (excludes halogenated alkanes) is 18. The van der Waals surface area contributed by atoms with Crippen LogP contribution in [-0.2, 0) is 21.7 Å². The second kappa shape index (κ2) is 27.5. The summed E-state index contributed by atoms with van der Waals surface area (Å²) in [7, 11) is 0. The van der Waals surface area contributed by atoms with Gasteiger partial charge in [-0.15, -0.1) is 0 Å². The lowest BCUT2D eigenvalue weighted by Crippen LogP contribution is -2.48. The van der Waals surface area contributed by atoms with Gasteiger partial charge in [-0.2, -0.15) is 0 Å². The highest BCUT2D eigenvalue weighted by atomic mass is 16.5. The molecule has 5 nitrogen and oxygen atoms in total. The average Bonchev–Trinajstić information content (AvgIpc) is 0.767. The van der Waals surface area contributed by atoms with E-state index in [4.69, 9.17) is 14.5 Å². The zero-order chi connectivity index (χ0) is 60.1. The summed E-state index contributed by atoms with van der Waals surface area (Å²) in [5.74, 6) is 7.10. The monoisotopic (exact) mass is 1160 g/mol. The van der Waals surface area contributed by atoms with Crippen LogP contribution in [0.4, 0.5) is 0 Å². The summed E-state index contributed by atoms with van der Waals surface area (Å²) in [6, 6.07) is 29.1. The fourth-order valence-electron chi connectivity index (χ4n) is 18.6. The molecule has 0 amide bonds. The molecule has 0 saturated heterocycles. The van der Waals surface area contributed by atoms with Crippen LogP contribution in [0.5, 0.6) is 23.0 Å². The molecule has 5 aromatic rings. The highest BCUT2D eigenvalue weighted by molar-refractivity contribution is 5.90. The predicted octanol–water partition coefficient (Wildman–Crippen LogP) is 23.3. The Morgan fingerprint density at radius 3 is 1.01 bits per heavy atom. The number of hydrogen-bond donors (Lipinski definition) is 2. The van der Waals surface area contributed by atoms with Gasteiger partial charge in [0.05, 0.1) is 24.6 Å². The number of rotatable bonds is 30. The quantitative estimate of drug-likeness (QED) is 0.0448. The summed E-state index contributed by atoms with van der Waals surface area (Å²) in [5, 5.41) is 26.4. The summed E-state index contributed by atoms with van der Waals surface area (Å²) >= 11 is 0. The summed E-state index contributed by atoms with van der Waals surface area (Å²) < 4.78 is 13.5. The van der Waals surface area contributed by atoms with E-state index in [-0.39, 0.29) is 21.7 Å². The Morgan fingerprint density at radius 1 is 0.384 bits per heavy atom. The number of aromatic hydroxyl groups is 2. The van der Waals surface area contributed by atoms with E-state index in [1.807, 2.05) is 0 Å². The molecule has 1 heterocycles. The number of pyridine rings is 1. The van der Waals surface area contributed by atoms with Crippen LogP contribution < -0.4 is 9.47 Å². The van der Waals surface area contributed by atoms with Crippen molar-refractivity contribution in [3.05, 3.63) is 101 Å². The number of ether oxygens (including phenoxy) is 2. The van der Waals surface area contributed by atoms with Crippen molar-refractivity contribution in [1.82, 2.24) is 4.98 Å². The smallest absolute Gasteiger partial charge is 0.127 e. The van der Waals surface area contributed by atoms with E-state index in [2.05, 4.69) is 134 Å². The minimum atomic E-state index is -0.133. The lowest BCUT2D eigenvalue weighted by atomic mass is 9.47. The fraction of sp³-hybridized carbons (Fsp3) is 0.642. The van der Waals surface area contributed by atoms with Gasteiger partial charge in [0.15, 0.2) is 0 Å². The number of phenols is 2. The van der Waals surface area contributed by atoms with E-state index < -0.39 is 0 Å². The van der Waals surface area contributed by atoms with Crippen molar-refractivity contribution in [2.24, 2.45) is 35.5 Å². The van der Waals surface area contributed by atoms with Crippen molar-refractivity contribution in [3.8, 4) is 67.8 Å². The molecule has 0 radical (unpaired) electrons. The minimum absolute atomic E-state index is 0.00170. The molecule has 0 spiro atoms. The summed E-state index contributed by atoms with van der Waals surface area (Å²) in [6.07, 6.45) is 41.0. The van der Waals surface area contributed by atoms with Gasteiger partial charge in [0.25, 0.3) is 0 Å². The van der Waals surface area contributed by atoms with E-state index in [1.54, 1.807) is 0 Å². The first-order valence-corrected chi connectivity index (χ1v) is 35.8. The Bertz CT molecular complexity index is 2790. The predicted molar refractivity (Wildman–Crippen MR) is 361 cm³/mol. The van der Waals surface area contributed by atoms with Crippen LogP contribution in [0.2, 0.25) is 0 Å². The molecule has 0 atom stereocenters. The van der Waals surface area contributed by atoms with E-state index in [0.717, 1.165) is 105 Å². The molecule has 8 aliphatic rings. The molecular weight excluding hydrogens is 1050 g/mol. The molecule has 466 valence electrons. The topological polar surface area (TPSA) is 71.8 Å². The Morgan fingerprint density at radius 2 is 0.698 bits per heavy atom. The molecule has 5 heteroatoms. The molecule has 13 rings (SSSR count). The number of phenolic OH excluding ortho intramolecular Hbond substituents is 2. The van der Waals surface area contributed by atoms with Crippen molar-refractivity contribution in [2.75, 3.05) is 13.2 Å². The largest absolute Gasteiger partial charge is 0.507 e. The van der Waals surface area contributed by atoms with Gasteiger partial charge in [0, 0.05) is 33.4 Å². The van der Waals surface area contributed by atoms with Crippen LogP contribution in [-0.4, -0.2) is 28.4 Å². The second-order valence-electron chi connectivity index (χ2n) is 31.6. The SMILES string of the molecule is CCCCCCCCCCCCOc1ccc(-c2cccc(-c3ccc(OCCCCCCCCCCCC)cc3-c3cc(C(C)(C)C)cc(C45CC6CC(CC(C6)C4)C5)c3O)n2)c(-c2cc(C(C)(C)C)cc(C34CC5CC(CC(C5)C3)C4)c2O)c1. The average molecular weight is 1160 g/mol. The van der Waals surface area contributed by atoms with E-state index >= 15 is 0 Å². The third-order valence-electron chi connectivity index (χ3n) is 22.6. The van der Waals surface area contributed by atoms with Crippen LogP contribution in [0.25, 0.3) is 44.8 Å². The van der Waals surface area contributed by atoms with Gasteiger partial charge in [-0.1, -0.05) is 189 Å². The number of hydrogen-bond acceptors (Lipinski definition) is 5. The van der Waals surface area contributed by atoms with Gasteiger partial charge in [-0.25, -0.2) is 4.98 Å². The maximum Gasteiger partial charge on any atom is 0.127 e. The molecule has 8 aliphatic carbocycles. The van der Waals surface area contributed by atoms with E-state index in [1.165, 1.54) is 215 Å². The zero-order valence-electron chi connectivity index (χ0n) is 55.2. The third-order valence-corrected chi connectivity index (χ3v) is 22.6. The van der Waals surface area contributed by atoms with Crippen molar-refractivity contribution in [1.29, 1.82) is 0 Å². The summed E-state index contributed by atoms with van der Waals surface area (Å²) in [4.78, 5) is 5.72. The van der Waals surface area contributed by atoms with Crippen LogP contribution >= 0.6 is 0 Å². The maximum absolute atomic E-state index is 13.2. The van der Waals surface area contributed by atoms with Gasteiger partial charge >= 0.3 is 0 Å². The van der Waals surface area contributed by atoms with Crippen molar-refractivity contribution in [3.63, 3.8) is 0 Å². The first kappa shape index (κ1) is 62.8. The fourth-order valence-corrected chi connectivity index (χ4v) is 18.6. The molecule has 86 heavy (non-hydrogen) atoms. The first-order chi connectivity index (χ1) is 41.5. The van der Waals surface area contributed by atoms with Gasteiger partial charge in [-0.3, -0.25) is 0 Å². The molecular formula is C81H113NO4. The lowest BCUT2D eigenvalue weighted by Gasteiger charge is -2.57. The van der Waals surface area contributed by atoms with Crippen LogP contribution in [0.3, 0.4) is 0 Å². The molecule has 4 aromatic carbocycles. The van der Waals surface area contributed by atoms with Gasteiger partial charge in [0.1, 0.15) is 23.0 Å². The van der Waals surface area contributed by atoms with Gasteiger partial charge < -0.3 is 19.7 Å². The lowest BCUT2D eigenvalue weighted by molar-refractivity contribution is -0.00631. The highest BCUT2D eigenvalue weighted by Gasteiger charge is 2.54. The number of aromatic nitrogens is 1. The highest BCUT2D eigenvalue weighted by Crippen LogP contribution is 2.65. The normalized spacial score (nSPS) is 24.7. The molecule has 2 N–H and O–H groups in total. The first-order valence-electron chi connectivity index (χ1n) is 35.8. The maximum atomic E-state index is 13.2.